The summed E-state index contributed by atoms with van der Waals surface area (Å²) >= 11 is 0. The molecule has 3 heterocycles. The number of aromatic amines is 1. The smallest absolute Gasteiger partial charge is 0.422 e. The topological polar surface area (TPSA) is 67.6 Å². The largest absolute Gasteiger partial charge is 0.431 e. The maximum absolute atomic E-state index is 13.3. The van der Waals surface area contributed by atoms with Crippen LogP contribution in [0.3, 0.4) is 0 Å². The number of aromatic nitrogens is 4. The van der Waals surface area contributed by atoms with Gasteiger partial charge in [-0.05, 0) is 12.1 Å². The fourth-order valence-corrected chi connectivity index (χ4v) is 2.67. The number of nitrogens with zero attached hydrogens (tertiary/aromatic N) is 3. The Kier molecular flexibility index (Phi) is 3.27. The van der Waals surface area contributed by atoms with Crippen molar-refractivity contribution in [2.45, 2.75) is 12.4 Å². The van der Waals surface area contributed by atoms with E-state index in [0.29, 0.717) is 5.39 Å². The number of nitrogens with one attached hydrogen (secondary N) is 1. The number of fused-ring (bicyclic) bond motifs is 3. The molecule has 0 saturated carbocycles. The van der Waals surface area contributed by atoms with E-state index >= 15 is 0 Å². The van der Waals surface area contributed by atoms with Crippen LogP contribution in [-0.4, -0.2) is 20.2 Å². The van der Waals surface area contributed by atoms with Crippen molar-refractivity contribution in [1.29, 1.82) is 0 Å². The van der Waals surface area contributed by atoms with Crippen LogP contribution in [-0.2, 0) is 12.4 Å². The van der Waals surface area contributed by atoms with Crippen LogP contribution in [0.4, 0.5) is 26.3 Å². The van der Waals surface area contributed by atoms with Crippen LogP contribution >= 0.6 is 0 Å². The first-order chi connectivity index (χ1) is 12.1. The number of halogens is 6. The molecule has 1 aromatic carbocycles. The number of pyridine rings is 1. The Balaban J connectivity index is 2.09. The summed E-state index contributed by atoms with van der Waals surface area (Å²) in [7, 11) is 0. The molecule has 5 nitrogen and oxygen atoms in total. The first kappa shape index (κ1) is 16.4. The predicted molar refractivity (Wildman–Crippen MR) is 76.9 cm³/mol. The minimum absolute atomic E-state index is 0.00243. The monoisotopic (exact) mass is 372 g/mol. The summed E-state index contributed by atoms with van der Waals surface area (Å²) in [6.07, 6.45) is -8.93. The summed E-state index contributed by atoms with van der Waals surface area (Å²) in [5.74, 6) is -0.00243. The van der Waals surface area contributed by atoms with E-state index in [9.17, 15) is 26.3 Å². The standard InChI is InChI=1S/C15H6F6N4O/c16-14(17,18)8-4-10(15(19,20)21)24-12-7(8)2-1-6-3-9(23-11(6)12)13-25-22-5-26-13/h1-5,24H. The lowest BCUT2D eigenvalue weighted by Gasteiger charge is -2.15. The molecule has 0 atom stereocenters. The van der Waals surface area contributed by atoms with Crippen LogP contribution in [0.1, 0.15) is 11.3 Å². The van der Waals surface area contributed by atoms with E-state index in [2.05, 4.69) is 15.2 Å². The van der Waals surface area contributed by atoms with Gasteiger partial charge in [0.15, 0.2) is 0 Å². The third-order valence-corrected chi connectivity index (χ3v) is 3.76. The van der Waals surface area contributed by atoms with Crippen molar-refractivity contribution in [3.05, 3.63) is 41.9 Å². The van der Waals surface area contributed by atoms with Gasteiger partial charge in [0, 0.05) is 10.8 Å². The minimum atomic E-state index is -4.99. The van der Waals surface area contributed by atoms with Gasteiger partial charge in [0.25, 0.3) is 5.89 Å². The Bertz CT molecular complexity index is 1110. The van der Waals surface area contributed by atoms with Crippen LogP contribution in [0, 0.1) is 0 Å². The van der Waals surface area contributed by atoms with Crippen LogP contribution in [0.2, 0.25) is 0 Å². The molecule has 4 aromatic rings. The lowest BCUT2D eigenvalue weighted by molar-refractivity contribution is -0.144. The second-order valence-corrected chi connectivity index (χ2v) is 5.40. The highest BCUT2D eigenvalue weighted by atomic mass is 19.4. The molecule has 0 fully saturated rings. The maximum Gasteiger partial charge on any atom is 0.431 e. The average molecular weight is 372 g/mol. The second-order valence-electron chi connectivity index (χ2n) is 5.40. The molecule has 4 rings (SSSR count). The lowest BCUT2D eigenvalue weighted by Crippen LogP contribution is -2.13. The summed E-state index contributed by atoms with van der Waals surface area (Å²) in [5, 5.41) is 6.99. The second kappa shape index (κ2) is 5.19. The molecule has 0 spiro atoms. The molecule has 0 unspecified atom stereocenters. The highest BCUT2D eigenvalue weighted by Crippen LogP contribution is 2.40. The summed E-state index contributed by atoms with van der Waals surface area (Å²) in [6, 6.07) is 3.91. The van der Waals surface area contributed by atoms with E-state index in [1.807, 2.05) is 4.98 Å². The summed E-state index contributed by atoms with van der Waals surface area (Å²) in [6.45, 7) is 0. The van der Waals surface area contributed by atoms with E-state index in [1.165, 1.54) is 12.1 Å². The molecule has 26 heavy (non-hydrogen) atoms. The predicted octanol–water partition coefficient (Wildman–Crippen LogP) is 4.80. The van der Waals surface area contributed by atoms with Crippen molar-refractivity contribution < 1.29 is 30.8 Å². The first-order valence-corrected chi connectivity index (χ1v) is 7.02. The Hall–Kier alpha value is -3.11. The quantitative estimate of drug-likeness (QED) is 0.487. The number of benzene rings is 1. The van der Waals surface area contributed by atoms with E-state index in [1.54, 1.807) is 0 Å². The van der Waals surface area contributed by atoms with Crippen LogP contribution in [0.15, 0.2) is 35.1 Å². The van der Waals surface area contributed by atoms with Crippen molar-refractivity contribution in [1.82, 2.24) is 20.2 Å². The van der Waals surface area contributed by atoms with Gasteiger partial charge in [0.2, 0.25) is 6.39 Å². The summed E-state index contributed by atoms with van der Waals surface area (Å²) < 4.78 is 84.0. The molecule has 3 aromatic heterocycles. The zero-order valence-electron chi connectivity index (χ0n) is 12.4. The summed E-state index contributed by atoms with van der Waals surface area (Å²) in [4.78, 5) is 6.09. The lowest BCUT2D eigenvalue weighted by atomic mass is 10.0. The number of hydrogen-bond acceptors (Lipinski definition) is 4. The molecule has 0 aliphatic rings. The minimum Gasteiger partial charge on any atom is -0.422 e. The number of H-pyrrole nitrogens is 1. The Morgan fingerprint density at radius 3 is 2.35 bits per heavy atom. The van der Waals surface area contributed by atoms with Gasteiger partial charge in [0.05, 0.1) is 16.6 Å². The highest BCUT2D eigenvalue weighted by molar-refractivity contribution is 6.06. The number of rotatable bonds is 1. The van der Waals surface area contributed by atoms with E-state index in [-0.39, 0.29) is 28.7 Å². The maximum atomic E-state index is 13.3. The van der Waals surface area contributed by atoms with Gasteiger partial charge in [-0.25, -0.2) is 4.98 Å². The van der Waals surface area contributed by atoms with Crippen molar-refractivity contribution in [3.63, 3.8) is 0 Å². The normalized spacial score (nSPS) is 13.0. The Labute approximate surface area is 139 Å². The Morgan fingerprint density at radius 1 is 0.962 bits per heavy atom. The highest BCUT2D eigenvalue weighted by Gasteiger charge is 2.39. The Morgan fingerprint density at radius 2 is 1.73 bits per heavy atom. The first-order valence-electron chi connectivity index (χ1n) is 7.02. The summed E-state index contributed by atoms with van der Waals surface area (Å²) in [5.41, 5.74) is -3.22. The van der Waals surface area contributed by atoms with Crippen molar-refractivity contribution in [2.24, 2.45) is 0 Å². The molecule has 0 aliphatic carbocycles. The molecular weight excluding hydrogens is 366 g/mol. The third-order valence-electron chi connectivity index (χ3n) is 3.76. The van der Waals surface area contributed by atoms with Crippen LogP contribution in [0.5, 0.6) is 0 Å². The molecule has 134 valence electrons. The van der Waals surface area contributed by atoms with Gasteiger partial charge in [-0.3, -0.25) is 0 Å². The fraction of sp³-hybridized carbons (Fsp3) is 0.133. The SMILES string of the molecule is FC(F)(F)c1cc(C(F)(F)F)c2ccc3cc(-c4nnco4)nc3c2[nH]1. The third kappa shape index (κ3) is 2.55. The average Bonchev–Trinajstić information content (AvgIpc) is 3.20. The van der Waals surface area contributed by atoms with Crippen molar-refractivity contribution >= 4 is 21.8 Å². The molecule has 0 radical (unpaired) electrons. The molecule has 11 heteroatoms. The number of alkyl halides is 6. The molecule has 0 amide bonds. The van der Waals surface area contributed by atoms with Crippen molar-refractivity contribution in [2.75, 3.05) is 0 Å². The van der Waals surface area contributed by atoms with E-state index < -0.39 is 29.0 Å². The van der Waals surface area contributed by atoms with Crippen LogP contribution < -0.4 is 0 Å². The fourth-order valence-electron chi connectivity index (χ4n) is 2.67. The zero-order chi connectivity index (χ0) is 18.7. The molecule has 0 aliphatic heterocycles. The van der Waals surface area contributed by atoms with Crippen LogP contribution in [0.25, 0.3) is 33.4 Å². The molecule has 0 bridgehead atoms. The van der Waals surface area contributed by atoms with Gasteiger partial charge < -0.3 is 9.40 Å². The van der Waals surface area contributed by atoms with Crippen molar-refractivity contribution in [3.8, 4) is 11.6 Å². The van der Waals surface area contributed by atoms with Gasteiger partial charge in [0.1, 0.15) is 11.4 Å². The number of hydrogen-bond donors (Lipinski definition) is 1. The van der Waals surface area contributed by atoms with Gasteiger partial charge in [-0.15, -0.1) is 10.2 Å². The molecule has 1 N–H and O–H groups in total. The van der Waals surface area contributed by atoms with Gasteiger partial charge >= 0.3 is 12.4 Å². The molecule has 0 saturated heterocycles. The van der Waals surface area contributed by atoms with Gasteiger partial charge in [-0.2, -0.15) is 26.3 Å². The zero-order valence-corrected chi connectivity index (χ0v) is 12.4. The molecular formula is C15H6F6N4O. The van der Waals surface area contributed by atoms with E-state index in [0.717, 1.165) is 12.5 Å². The van der Waals surface area contributed by atoms with Gasteiger partial charge in [-0.1, -0.05) is 12.1 Å². The van der Waals surface area contributed by atoms with E-state index in [4.69, 9.17) is 4.42 Å².